The van der Waals surface area contributed by atoms with Crippen LogP contribution in [0.5, 0.6) is 0 Å². The molecule has 166 valence electrons. The van der Waals surface area contributed by atoms with E-state index in [-0.39, 0.29) is 54.1 Å². The third-order valence-corrected chi connectivity index (χ3v) is 6.40. The number of amides is 3. The number of nitrogens with one attached hydrogen (secondary N) is 1. The average molecular weight is 438 g/mol. The van der Waals surface area contributed by atoms with E-state index in [4.69, 9.17) is 4.74 Å². The number of ether oxygens (including phenoxy) is 1. The van der Waals surface area contributed by atoms with Gasteiger partial charge in [0.05, 0.1) is 23.8 Å². The summed E-state index contributed by atoms with van der Waals surface area (Å²) < 4.78 is 43.0. The van der Waals surface area contributed by atoms with Crippen molar-refractivity contribution < 1.29 is 37.1 Å². The summed E-state index contributed by atoms with van der Waals surface area (Å²) in [7, 11) is 0. The van der Waals surface area contributed by atoms with Crippen molar-refractivity contribution in [3.05, 3.63) is 29.8 Å². The third-order valence-electron chi connectivity index (χ3n) is 6.40. The van der Waals surface area contributed by atoms with E-state index in [0.717, 1.165) is 42.4 Å². The largest absolute Gasteiger partial charge is 0.456 e. The smallest absolute Gasteiger partial charge is 0.416 e. The Morgan fingerprint density at radius 2 is 1.74 bits per heavy atom. The van der Waals surface area contributed by atoms with E-state index in [9.17, 15) is 32.3 Å². The first-order chi connectivity index (χ1) is 14.6. The fourth-order valence-electron chi connectivity index (χ4n) is 5.08. The summed E-state index contributed by atoms with van der Waals surface area (Å²) in [6.45, 7) is -0.787. The zero-order valence-corrected chi connectivity index (χ0v) is 16.5. The molecule has 0 spiro atoms. The minimum atomic E-state index is -4.55. The van der Waals surface area contributed by atoms with Crippen LogP contribution in [0.4, 0.5) is 18.9 Å². The Labute approximate surface area is 175 Å². The fourth-order valence-corrected chi connectivity index (χ4v) is 5.08. The lowest BCUT2D eigenvalue weighted by Gasteiger charge is -2.19. The molecule has 1 heterocycles. The number of alkyl halides is 3. The van der Waals surface area contributed by atoms with E-state index in [0.29, 0.717) is 0 Å². The number of carbonyl (C=O) groups is 4. The predicted molar refractivity (Wildman–Crippen MR) is 100 cm³/mol. The first-order valence-electron chi connectivity index (χ1n) is 10.1. The highest BCUT2D eigenvalue weighted by molar-refractivity contribution is 6.06. The van der Waals surface area contributed by atoms with E-state index < -0.39 is 30.2 Å². The molecule has 4 atom stereocenters. The molecule has 3 aliphatic rings. The van der Waals surface area contributed by atoms with Gasteiger partial charge in [-0.25, -0.2) is 0 Å². The number of fused-ring (bicyclic) bond motifs is 5. The maximum Gasteiger partial charge on any atom is 0.416 e. The Bertz CT molecular complexity index is 904. The van der Waals surface area contributed by atoms with Crippen LogP contribution < -0.4 is 5.32 Å². The molecule has 3 fully saturated rings. The molecule has 2 saturated carbocycles. The third kappa shape index (κ3) is 4.15. The molecule has 1 aromatic rings. The monoisotopic (exact) mass is 438 g/mol. The molecular formula is C21H21F3N2O5. The summed E-state index contributed by atoms with van der Waals surface area (Å²) in [6.07, 6.45) is -1.95. The highest BCUT2D eigenvalue weighted by atomic mass is 19.4. The van der Waals surface area contributed by atoms with Crippen molar-refractivity contribution in [2.24, 2.45) is 23.7 Å². The number of benzene rings is 1. The highest BCUT2D eigenvalue weighted by Crippen LogP contribution is 2.56. The maximum absolute atomic E-state index is 12.7. The second-order valence-electron chi connectivity index (χ2n) is 8.25. The standard InChI is InChI=1S/C21H21F3N2O5/c22-21(23,24)13-2-1-3-14(9-13)25-15(27)10-31-16(28)6-7-26-19(29)17-11-4-5-12(8-11)18(17)20(26)30/h1-3,9,11-12,17-18H,4-8,10H2,(H,25,27)/t11-,12-,17-,18-/m0/s1. The second kappa shape index (κ2) is 7.97. The van der Waals surface area contributed by atoms with Gasteiger partial charge in [-0.1, -0.05) is 6.07 Å². The van der Waals surface area contributed by atoms with Gasteiger partial charge in [-0.2, -0.15) is 13.2 Å². The molecule has 10 heteroatoms. The summed E-state index contributed by atoms with van der Waals surface area (Å²) in [5.74, 6) is -2.05. The van der Waals surface area contributed by atoms with Crippen LogP contribution in [0.25, 0.3) is 0 Å². The number of anilines is 1. The van der Waals surface area contributed by atoms with Gasteiger partial charge in [-0.3, -0.25) is 24.1 Å². The summed E-state index contributed by atoms with van der Waals surface area (Å²) >= 11 is 0. The Morgan fingerprint density at radius 3 is 2.35 bits per heavy atom. The van der Waals surface area contributed by atoms with E-state index in [1.165, 1.54) is 6.07 Å². The Balaban J connectivity index is 1.23. The van der Waals surface area contributed by atoms with Crippen LogP contribution in [-0.2, 0) is 30.1 Å². The molecule has 31 heavy (non-hydrogen) atoms. The maximum atomic E-state index is 12.7. The number of carbonyl (C=O) groups excluding carboxylic acids is 4. The zero-order valence-electron chi connectivity index (χ0n) is 16.5. The van der Waals surface area contributed by atoms with Gasteiger partial charge in [0.25, 0.3) is 5.91 Å². The predicted octanol–water partition coefficient (Wildman–Crippen LogP) is 2.61. The van der Waals surface area contributed by atoms with Gasteiger partial charge in [-0.15, -0.1) is 0 Å². The molecule has 2 bridgehead atoms. The van der Waals surface area contributed by atoms with Gasteiger partial charge < -0.3 is 10.1 Å². The normalized spacial score (nSPS) is 26.9. The van der Waals surface area contributed by atoms with Crippen LogP contribution >= 0.6 is 0 Å². The number of rotatable bonds is 6. The van der Waals surface area contributed by atoms with Crippen molar-refractivity contribution in [3.63, 3.8) is 0 Å². The van der Waals surface area contributed by atoms with Crippen molar-refractivity contribution >= 4 is 29.4 Å². The number of esters is 1. The molecule has 2 aliphatic carbocycles. The molecule has 0 aromatic heterocycles. The number of likely N-dealkylation sites (tertiary alicyclic amines) is 1. The number of halogens is 3. The minimum absolute atomic E-state index is 0.0784. The summed E-state index contributed by atoms with van der Waals surface area (Å²) in [5.41, 5.74) is -0.995. The first kappa shape index (κ1) is 21.3. The van der Waals surface area contributed by atoms with E-state index >= 15 is 0 Å². The Morgan fingerprint density at radius 1 is 1.10 bits per heavy atom. The number of imide groups is 1. The van der Waals surface area contributed by atoms with Gasteiger partial charge in [0.1, 0.15) is 0 Å². The molecule has 0 radical (unpaired) electrons. The van der Waals surface area contributed by atoms with Crippen molar-refractivity contribution in [3.8, 4) is 0 Å². The molecule has 3 amide bonds. The Kier molecular flexibility index (Phi) is 5.49. The fraction of sp³-hybridized carbons (Fsp3) is 0.524. The van der Waals surface area contributed by atoms with Gasteiger partial charge >= 0.3 is 12.1 Å². The van der Waals surface area contributed by atoms with Gasteiger partial charge in [-0.05, 0) is 49.3 Å². The summed E-state index contributed by atoms with van der Waals surface area (Å²) in [6, 6.07) is 4.07. The molecule has 1 N–H and O–H groups in total. The molecule has 0 unspecified atom stereocenters. The SMILES string of the molecule is O=C(COC(=O)CCN1C(=O)[C@H]2[C@H]3CC[C@@H](C3)[C@@H]2C1=O)Nc1cccc(C(F)(F)F)c1. The van der Waals surface area contributed by atoms with Crippen LogP contribution in [0.1, 0.15) is 31.2 Å². The molecule has 1 aromatic carbocycles. The lowest BCUT2D eigenvalue weighted by Crippen LogP contribution is -2.35. The first-order valence-corrected chi connectivity index (χ1v) is 10.1. The van der Waals surface area contributed by atoms with Gasteiger partial charge in [0, 0.05) is 12.2 Å². The number of hydrogen-bond acceptors (Lipinski definition) is 5. The molecule has 7 nitrogen and oxygen atoms in total. The second-order valence-corrected chi connectivity index (χ2v) is 8.25. The number of nitrogens with zero attached hydrogens (tertiary/aromatic N) is 1. The minimum Gasteiger partial charge on any atom is -0.456 e. The van der Waals surface area contributed by atoms with E-state index in [2.05, 4.69) is 5.32 Å². The van der Waals surface area contributed by atoms with Crippen molar-refractivity contribution in [2.75, 3.05) is 18.5 Å². The zero-order chi connectivity index (χ0) is 22.3. The summed E-state index contributed by atoms with van der Waals surface area (Å²) in [4.78, 5) is 50.1. The quantitative estimate of drug-likeness (QED) is 0.545. The molecule has 1 aliphatic heterocycles. The van der Waals surface area contributed by atoms with E-state index in [1.54, 1.807) is 0 Å². The van der Waals surface area contributed by atoms with Crippen LogP contribution in [0, 0.1) is 23.7 Å². The summed E-state index contributed by atoms with van der Waals surface area (Å²) in [5, 5.41) is 2.23. The van der Waals surface area contributed by atoms with Crippen molar-refractivity contribution in [1.82, 2.24) is 4.90 Å². The van der Waals surface area contributed by atoms with Crippen molar-refractivity contribution in [2.45, 2.75) is 31.9 Å². The van der Waals surface area contributed by atoms with Crippen LogP contribution in [0.2, 0.25) is 0 Å². The lowest BCUT2D eigenvalue weighted by molar-refractivity contribution is -0.149. The van der Waals surface area contributed by atoms with Crippen molar-refractivity contribution in [1.29, 1.82) is 0 Å². The topological polar surface area (TPSA) is 92.8 Å². The Hall–Kier alpha value is -2.91. The van der Waals surface area contributed by atoms with Crippen LogP contribution in [-0.4, -0.2) is 41.7 Å². The van der Waals surface area contributed by atoms with Gasteiger partial charge in [0.2, 0.25) is 11.8 Å². The average Bonchev–Trinajstić information content (AvgIpc) is 3.39. The molecule has 4 rings (SSSR count). The van der Waals surface area contributed by atoms with Crippen LogP contribution in [0.3, 0.4) is 0 Å². The van der Waals surface area contributed by atoms with E-state index in [1.807, 2.05) is 0 Å². The highest BCUT2D eigenvalue weighted by Gasteiger charge is 2.60. The number of hydrogen-bond donors (Lipinski definition) is 1. The van der Waals surface area contributed by atoms with Gasteiger partial charge in [0.15, 0.2) is 6.61 Å². The molecule has 1 saturated heterocycles. The molecular weight excluding hydrogens is 417 g/mol. The van der Waals surface area contributed by atoms with Crippen LogP contribution in [0.15, 0.2) is 24.3 Å². The lowest BCUT2D eigenvalue weighted by atomic mass is 9.81.